The Bertz CT molecular complexity index is 2570. The number of rotatable bonds is 38. The van der Waals surface area contributed by atoms with Crippen LogP contribution in [0.3, 0.4) is 0 Å². The Kier molecular flexibility index (Phi) is 31.9. The number of amides is 5. The molecule has 1 aromatic heterocycles. The van der Waals surface area contributed by atoms with Gasteiger partial charge in [0.1, 0.15) is 29.1 Å². The lowest BCUT2D eigenvalue weighted by Gasteiger charge is -2.39. The maximum atomic E-state index is 14.9. The normalized spacial score (nSPS) is 16.6. The number of likely N-dealkylation sites (N-methyl/N-ethyl adjacent to an activating group) is 1. The molecule has 1 aromatic carbocycles. The number of benzene rings is 1. The number of hydrogen-bond acceptors (Lipinski definition) is 21. The number of carbonyl (C=O) groups excluding carboxylic acids is 9. The van der Waals surface area contributed by atoms with Gasteiger partial charge in [0.25, 0.3) is 5.91 Å². The fourth-order valence-corrected chi connectivity index (χ4v) is 12.1. The van der Waals surface area contributed by atoms with Crippen molar-refractivity contribution in [2.24, 2.45) is 29.4 Å². The second kappa shape index (κ2) is 37.3. The molecule has 0 spiro atoms. The van der Waals surface area contributed by atoms with E-state index in [9.17, 15) is 68.1 Å². The Morgan fingerprint density at radius 2 is 1.59 bits per heavy atom. The molecule has 5 amide bonds. The smallest absolute Gasteiger partial charge is 0.407 e. The number of piperidine rings is 1. The number of thiazole rings is 1. The van der Waals surface area contributed by atoms with Gasteiger partial charge in [0.05, 0.1) is 37.0 Å². The molecule has 25 nitrogen and oxygen atoms in total. The summed E-state index contributed by atoms with van der Waals surface area (Å²) in [4.78, 5) is 151. The summed E-state index contributed by atoms with van der Waals surface area (Å²) in [6.07, 6.45) is 0.571. The van der Waals surface area contributed by atoms with E-state index in [1.54, 1.807) is 19.1 Å². The highest BCUT2D eigenvalue weighted by Gasteiger charge is 2.40. The van der Waals surface area contributed by atoms with Gasteiger partial charge in [0.2, 0.25) is 17.7 Å². The van der Waals surface area contributed by atoms with Crippen LogP contribution >= 0.6 is 32.9 Å². The predicted molar refractivity (Wildman–Crippen MR) is 319 cm³/mol. The molecule has 474 valence electrons. The fraction of sp³-hybridized carbons (Fsp3) is 0.649. The monoisotopic (exact) mass is 1250 g/mol. The third-order valence-electron chi connectivity index (χ3n) is 14.3. The fourth-order valence-electron chi connectivity index (χ4n) is 9.17. The number of nitrogens with one attached hydrogen (secondary N) is 4. The van der Waals surface area contributed by atoms with Crippen LogP contribution in [0.5, 0.6) is 5.75 Å². The first-order valence-electron chi connectivity index (χ1n) is 28.5. The zero-order chi connectivity index (χ0) is 63.5. The zero-order valence-corrected chi connectivity index (χ0v) is 52.4. The number of ketones is 2. The lowest BCUT2D eigenvalue weighted by atomic mass is 9.92. The molecule has 1 saturated heterocycles. The van der Waals surface area contributed by atoms with E-state index in [4.69, 9.17) is 19.9 Å². The van der Waals surface area contributed by atoms with Gasteiger partial charge >= 0.3 is 30.0 Å². The molecule has 0 bridgehead atoms. The van der Waals surface area contributed by atoms with E-state index in [1.807, 2.05) is 46.6 Å². The average molecular weight is 1250 g/mol. The van der Waals surface area contributed by atoms with E-state index in [1.165, 1.54) is 36.3 Å². The van der Waals surface area contributed by atoms with Gasteiger partial charge in [-0.25, -0.2) is 9.78 Å². The number of carbonyl (C=O) groups is 11. The number of nitrogens with zero attached hydrogens (tertiary/aromatic N) is 3. The van der Waals surface area contributed by atoms with Crippen LogP contribution in [0.1, 0.15) is 147 Å². The molecule has 10 atom stereocenters. The Hall–Kier alpha value is -6.36. The first kappa shape index (κ1) is 72.9. The summed E-state index contributed by atoms with van der Waals surface area (Å²) in [5, 5.41) is 41.3. The lowest BCUT2D eigenvalue weighted by molar-refractivity contribution is -0.160. The van der Waals surface area contributed by atoms with Gasteiger partial charge < -0.3 is 61.4 Å². The third kappa shape index (κ3) is 25.6. The number of nitrogens with two attached hydrogens (primary N) is 1. The van der Waals surface area contributed by atoms with Gasteiger partial charge in [0.15, 0.2) is 24.4 Å². The Morgan fingerprint density at radius 1 is 0.894 bits per heavy atom. The van der Waals surface area contributed by atoms with Crippen molar-refractivity contribution in [1.82, 2.24) is 36.1 Å². The number of phenolic OH excluding ortho intramolecular Hbond substituents is 1. The number of aromatic nitrogens is 1. The number of Topliss-reactive ketones (excluding diaryl/α,β-unsaturated/α-hetero) is 2. The quantitative estimate of drug-likeness (QED) is 0.0144. The molecule has 1 unspecified atom stereocenters. The van der Waals surface area contributed by atoms with Crippen molar-refractivity contribution in [1.29, 1.82) is 0 Å². The number of carboxylic acids is 2. The van der Waals surface area contributed by atoms with Crippen molar-refractivity contribution in [3.63, 3.8) is 0 Å². The van der Waals surface area contributed by atoms with Crippen molar-refractivity contribution in [3.8, 4) is 5.75 Å². The molecule has 0 saturated carbocycles. The highest BCUT2D eigenvalue weighted by atomic mass is 33.1. The topological polar surface area (TPSA) is 370 Å². The summed E-state index contributed by atoms with van der Waals surface area (Å²) in [7, 11) is 4.09. The maximum Gasteiger partial charge on any atom is 0.407 e. The van der Waals surface area contributed by atoms with E-state index in [2.05, 4.69) is 26.3 Å². The standard InChI is InChI=1S/C57H86N8O17S3/c1-10-14-49(72)81-31-65(55(76)50(33(5)11-2)63-53(75)43-15-12-13-20-64(43)9)44(32(3)4)27-47(82-36(8)66)54-62-42(30-83-54)52(74)60-39(24-37-16-18-40(67)19-17-37)23-34(6)46(69)28-59-57(79)80-21-22-84-85-29-38(56(77)78)25-45(68)41(26-48(70)71)61-51(73)35(7)58/h16-19,30,32-35,38-39,41,43-44,47,50,67H,10-15,20-29,31,58H2,1-9H3,(H,59,79)(H,60,74)(H,61,73)(H,63,75)(H,70,71)(H,77,78)/t33?,34-,35-,38-,39+,41-,43+,44+,47+,50-/m0/s1. The van der Waals surface area contributed by atoms with Crippen LogP contribution in [-0.2, 0) is 63.8 Å². The Labute approximate surface area is 508 Å². The van der Waals surface area contributed by atoms with E-state index in [-0.39, 0.29) is 78.0 Å². The van der Waals surface area contributed by atoms with Gasteiger partial charge in [-0.15, -0.1) is 11.3 Å². The van der Waals surface area contributed by atoms with Crippen LogP contribution in [0.15, 0.2) is 29.6 Å². The number of aromatic hydroxyl groups is 1. The van der Waals surface area contributed by atoms with Gasteiger partial charge in [-0.3, -0.25) is 52.8 Å². The van der Waals surface area contributed by atoms with Crippen molar-refractivity contribution in [2.45, 2.75) is 168 Å². The summed E-state index contributed by atoms with van der Waals surface area (Å²) in [5.74, 6) is -9.68. The largest absolute Gasteiger partial charge is 0.508 e. The van der Waals surface area contributed by atoms with Gasteiger partial charge in [-0.05, 0) is 82.2 Å². The summed E-state index contributed by atoms with van der Waals surface area (Å²) < 4.78 is 16.8. The average Bonchev–Trinajstić information content (AvgIpc) is 4.21. The minimum absolute atomic E-state index is 0.0158. The van der Waals surface area contributed by atoms with E-state index in [0.717, 1.165) is 52.3 Å². The molecule has 0 aliphatic carbocycles. The van der Waals surface area contributed by atoms with E-state index in [0.29, 0.717) is 24.8 Å². The number of alkyl carbamates (subject to hydrolysis) is 1. The first-order chi connectivity index (χ1) is 40.1. The molecule has 2 heterocycles. The predicted octanol–water partition coefficient (Wildman–Crippen LogP) is 5.02. The number of ether oxygens (including phenoxy) is 3. The second-order valence-corrected chi connectivity index (χ2v) is 25.2. The number of hydrogen-bond donors (Lipinski definition) is 8. The van der Waals surface area contributed by atoms with Gasteiger partial charge in [-0.2, -0.15) is 0 Å². The number of likely N-dealkylation sites (tertiary alicyclic amines) is 1. The first-order valence-corrected chi connectivity index (χ1v) is 31.9. The Balaban J connectivity index is 1.73. The van der Waals surface area contributed by atoms with E-state index < -0.39 is 140 Å². The molecular formula is C57H86N8O17S3. The summed E-state index contributed by atoms with van der Waals surface area (Å²) in [6.45, 7) is 13.3. The third-order valence-corrected chi connectivity index (χ3v) is 17.7. The minimum atomic E-state index is -1.47. The molecule has 85 heavy (non-hydrogen) atoms. The molecule has 1 aliphatic rings. The van der Waals surface area contributed by atoms with Crippen molar-refractivity contribution in [3.05, 3.63) is 45.9 Å². The van der Waals surface area contributed by atoms with Crippen LogP contribution in [0.2, 0.25) is 0 Å². The molecule has 0 radical (unpaired) electrons. The SMILES string of the molecule is CCCC(=O)OCN(C(=O)[C@@H](NC(=O)[C@H]1CCCCN1C)C(C)CC)[C@H](C[C@@H](OC(C)=O)c1nc(C(=O)N[C@@H](Cc2ccc(O)cc2)C[C@H](C)C(=O)CNC(=O)OCCSSC[C@H](CC(=O)[C@H](CC(=O)O)NC(=O)[C@H](C)N)C(=O)O)cs1)C(C)C. The molecule has 28 heteroatoms. The van der Waals surface area contributed by atoms with Crippen LogP contribution in [-0.4, -0.2) is 177 Å². The summed E-state index contributed by atoms with van der Waals surface area (Å²) in [5.41, 5.74) is 6.19. The van der Waals surface area contributed by atoms with E-state index >= 15 is 0 Å². The highest BCUT2D eigenvalue weighted by Crippen LogP contribution is 2.32. The van der Waals surface area contributed by atoms with Crippen molar-refractivity contribution in [2.75, 3.05) is 45.0 Å². The molecule has 1 fully saturated rings. The number of phenols is 1. The van der Waals surface area contributed by atoms with Crippen LogP contribution in [0.25, 0.3) is 0 Å². The van der Waals surface area contributed by atoms with Crippen LogP contribution in [0, 0.1) is 23.7 Å². The summed E-state index contributed by atoms with van der Waals surface area (Å²) in [6, 6.07) is 0.928. The summed E-state index contributed by atoms with van der Waals surface area (Å²) >= 11 is 1.05. The zero-order valence-electron chi connectivity index (χ0n) is 50.0. The molecular weight excluding hydrogens is 1160 g/mol. The lowest BCUT2D eigenvalue weighted by Crippen LogP contribution is -2.59. The van der Waals surface area contributed by atoms with Crippen molar-refractivity contribution >= 4 is 98.1 Å². The number of aliphatic carboxylic acids is 2. The van der Waals surface area contributed by atoms with Crippen LogP contribution < -0.4 is 27.0 Å². The Morgan fingerprint density at radius 3 is 2.19 bits per heavy atom. The second-order valence-electron chi connectivity index (χ2n) is 21.7. The number of esters is 2. The number of carboxylic acid groups (broad SMARTS) is 2. The van der Waals surface area contributed by atoms with Crippen molar-refractivity contribution < 1.29 is 82.3 Å². The molecule has 9 N–H and O–H groups in total. The molecule has 3 rings (SSSR count). The van der Waals surface area contributed by atoms with Crippen LogP contribution in [0.4, 0.5) is 4.79 Å². The maximum absolute atomic E-state index is 14.9. The minimum Gasteiger partial charge on any atom is -0.508 e. The molecule has 2 aromatic rings. The van der Waals surface area contributed by atoms with Gasteiger partial charge in [0, 0.05) is 61.1 Å². The highest BCUT2D eigenvalue weighted by molar-refractivity contribution is 8.76. The molecule has 1 aliphatic heterocycles. The van der Waals surface area contributed by atoms with Gasteiger partial charge in [-0.1, -0.05) is 88.1 Å².